The quantitative estimate of drug-likeness (QED) is 0.750. The molecule has 3 aromatic rings. The van der Waals surface area contributed by atoms with Crippen LogP contribution < -0.4 is 10.1 Å². The Morgan fingerprint density at radius 1 is 1.00 bits per heavy atom. The van der Waals surface area contributed by atoms with Crippen molar-refractivity contribution in [3.05, 3.63) is 72.3 Å². The Morgan fingerprint density at radius 3 is 2.65 bits per heavy atom. The lowest BCUT2D eigenvalue weighted by Gasteiger charge is -2.10. The number of benzene rings is 3. The molecule has 1 amide bonds. The monoisotopic (exact) mass is 305 g/mol. The molecule has 3 nitrogen and oxygen atoms in total. The van der Waals surface area contributed by atoms with Crippen molar-refractivity contribution in [2.24, 2.45) is 0 Å². The first-order valence-corrected chi connectivity index (χ1v) is 7.69. The number of ether oxygens (including phenoxy) is 1. The van der Waals surface area contributed by atoms with E-state index in [1.807, 2.05) is 73.7 Å². The van der Waals surface area contributed by atoms with Gasteiger partial charge in [0, 0.05) is 11.1 Å². The molecule has 0 atom stereocenters. The summed E-state index contributed by atoms with van der Waals surface area (Å²) in [7, 11) is 0. The fraction of sp³-hybridized carbons (Fsp3) is 0.150. The molecule has 3 rings (SSSR count). The van der Waals surface area contributed by atoms with Crippen molar-refractivity contribution in [2.75, 3.05) is 11.9 Å². The standard InChI is InChI=1S/C20H19NO2/c1-15-6-4-9-17(14-15)23-13-12-20(22)21-19-11-5-8-16-7-2-3-10-18(16)19/h2-11,14H,12-13H2,1H3,(H,21,22). The highest BCUT2D eigenvalue weighted by molar-refractivity contribution is 6.02. The summed E-state index contributed by atoms with van der Waals surface area (Å²) in [5, 5.41) is 5.12. The number of amides is 1. The van der Waals surface area contributed by atoms with Crippen LogP contribution in [0.4, 0.5) is 5.69 Å². The van der Waals surface area contributed by atoms with Gasteiger partial charge in [-0.15, -0.1) is 0 Å². The van der Waals surface area contributed by atoms with Crippen LogP contribution in [0.2, 0.25) is 0 Å². The summed E-state index contributed by atoms with van der Waals surface area (Å²) in [6.07, 6.45) is 0.317. The van der Waals surface area contributed by atoms with E-state index in [0.29, 0.717) is 13.0 Å². The van der Waals surface area contributed by atoms with E-state index < -0.39 is 0 Å². The Kier molecular flexibility index (Phi) is 4.57. The Bertz CT molecular complexity index is 821. The molecule has 0 fully saturated rings. The van der Waals surface area contributed by atoms with Crippen LogP contribution in [0.25, 0.3) is 10.8 Å². The van der Waals surface area contributed by atoms with Gasteiger partial charge in [-0.2, -0.15) is 0 Å². The minimum Gasteiger partial charge on any atom is -0.493 e. The van der Waals surface area contributed by atoms with Gasteiger partial charge in [-0.1, -0.05) is 48.5 Å². The SMILES string of the molecule is Cc1cccc(OCCC(=O)Nc2cccc3ccccc23)c1. The summed E-state index contributed by atoms with van der Waals surface area (Å²) in [6.45, 7) is 2.38. The molecule has 0 radical (unpaired) electrons. The number of aryl methyl sites for hydroxylation is 1. The van der Waals surface area contributed by atoms with Crippen LogP contribution in [-0.4, -0.2) is 12.5 Å². The van der Waals surface area contributed by atoms with Crippen LogP contribution in [0.5, 0.6) is 5.75 Å². The summed E-state index contributed by atoms with van der Waals surface area (Å²) in [5.41, 5.74) is 1.98. The molecule has 0 saturated heterocycles. The third-order valence-electron chi connectivity index (χ3n) is 3.65. The van der Waals surface area contributed by atoms with E-state index in [0.717, 1.165) is 27.8 Å². The average Bonchev–Trinajstić information content (AvgIpc) is 2.55. The summed E-state index contributed by atoms with van der Waals surface area (Å²) in [6, 6.07) is 21.7. The maximum absolute atomic E-state index is 12.1. The van der Waals surface area contributed by atoms with Gasteiger partial charge < -0.3 is 10.1 Å². The highest BCUT2D eigenvalue weighted by Gasteiger charge is 2.06. The van der Waals surface area contributed by atoms with Gasteiger partial charge in [0.1, 0.15) is 5.75 Å². The predicted molar refractivity (Wildman–Crippen MR) is 93.9 cm³/mol. The molecule has 0 aliphatic carbocycles. The van der Waals surface area contributed by atoms with Crippen molar-refractivity contribution < 1.29 is 9.53 Å². The molecular weight excluding hydrogens is 286 g/mol. The molecule has 0 heterocycles. The Labute approximate surface area is 135 Å². The minimum absolute atomic E-state index is 0.0472. The zero-order chi connectivity index (χ0) is 16.1. The van der Waals surface area contributed by atoms with Gasteiger partial charge in [0.15, 0.2) is 0 Å². The third kappa shape index (κ3) is 3.89. The van der Waals surface area contributed by atoms with Crippen molar-refractivity contribution >= 4 is 22.4 Å². The highest BCUT2D eigenvalue weighted by atomic mass is 16.5. The van der Waals surface area contributed by atoms with E-state index in [9.17, 15) is 4.79 Å². The van der Waals surface area contributed by atoms with Crippen LogP contribution >= 0.6 is 0 Å². The average molecular weight is 305 g/mol. The zero-order valence-corrected chi connectivity index (χ0v) is 13.1. The molecule has 0 saturated carbocycles. The lowest BCUT2D eigenvalue weighted by Crippen LogP contribution is -2.15. The van der Waals surface area contributed by atoms with Gasteiger partial charge in [-0.05, 0) is 36.1 Å². The van der Waals surface area contributed by atoms with E-state index >= 15 is 0 Å². The van der Waals surface area contributed by atoms with E-state index in [4.69, 9.17) is 4.74 Å². The molecule has 0 aromatic heterocycles. The number of anilines is 1. The highest BCUT2D eigenvalue weighted by Crippen LogP contribution is 2.23. The van der Waals surface area contributed by atoms with Crippen molar-refractivity contribution in [3.63, 3.8) is 0 Å². The predicted octanol–water partition coefficient (Wildman–Crippen LogP) is 4.56. The number of hydrogen-bond acceptors (Lipinski definition) is 2. The molecule has 0 bridgehead atoms. The first-order valence-electron chi connectivity index (χ1n) is 7.69. The second-order valence-corrected chi connectivity index (χ2v) is 5.49. The van der Waals surface area contributed by atoms with Gasteiger partial charge in [-0.25, -0.2) is 0 Å². The molecule has 0 spiro atoms. The van der Waals surface area contributed by atoms with Crippen molar-refractivity contribution in [1.82, 2.24) is 0 Å². The molecule has 0 aliphatic heterocycles. The van der Waals surface area contributed by atoms with Gasteiger partial charge in [0.05, 0.1) is 13.0 Å². The van der Waals surface area contributed by atoms with E-state index in [1.54, 1.807) is 0 Å². The number of nitrogens with one attached hydrogen (secondary N) is 1. The molecule has 3 heteroatoms. The van der Waals surface area contributed by atoms with Crippen LogP contribution in [0.15, 0.2) is 66.7 Å². The van der Waals surface area contributed by atoms with Crippen molar-refractivity contribution in [1.29, 1.82) is 0 Å². The summed E-state index contributed by atoms with van der Waals surface area (Å²) >= 11 is 0. The Balaban J connectivity index is 1.59. The fourth-order valence-electron chi connectivity index (χ4n) is 2.51. The summed E-state index contributed by atoms with van der Waals surface area (Å²) in [4.78, 5) is 12.1. The van der Waals surface area contributed by atoms with Gasteiger partial charge in [0.2, 0.25) is 5.91 Å². The fourth-order valence-corrected chi connectivity index (χ4v) is 2.51. The molecule has 0 aliphatic rings. The maximum atomic E-state index is 12.1. The first kappa shape index (κ1) is 15.1. The molecule has 0 unspecified atom stereocenters. The molecule has 3 aromatic carbocycles. The van der Waals surface area contributed by atoms with Crippen LogP contribution in [0.3, 0.4) is 0 Å². The van der Waals surface area contributed by atoms with Crippen LogP contribution in [-0.2, 0) is 4.79 Å². The number of hydrogen-bond donors (Lipinski definition) is 1. The van der Waals surface area contributed by atoms with E-state index in [2.05, 4.69) is 5.32 Å². The largest absolute Gasteiger partial charge is 0.493 e. The summed E-state index contributed by atoms with van der Waals surface area (Å²) < 4.78 is 5.62. The number of rotatable bonds is 5. The van der Waals surface area contributed by atoms with E-state index in [1.165, 1.54) is 0 Å². The second-order valence-electron chi connectivity index (χ2n) is 5.49. The maximum Gasteiger partial charge on any atom is 0.227 e. The number of carbonyl (C=O) groups is 1. The van der Waals surface area contributed by atoms with Gasteiger partial charge in [-0.3, -0.25) is 4.79 Å². The normalized spacial score (nSPS) is 10.5. The first-order chi connectivity index (χ1) is 11.2. The Morgan fingerprint density at radius 2 is 1.78 bits per heavy atom. The molecular formula is C20H19NO2. The van der Waals surface area contributed by atoms with Crippen LogP contribution in [0.1, 0.15) is 12.0 Å². The van der Waals surface area contributed by atoms with E-state index in [-0.39, 0.29) is 5.91 Å². The molecule has 116 valence electrons. The van der Waals surface area contributed by atoms with Gasteiger partial charge >= 0.3 is 0 Å². The smallest absolute Gasteiger partial charge is 0.227 e. The van der Waals surface area contributed by atoms with Crippen LogP contribution in [0, 0.1) is 6.92 Å². The topological polar surface area (TPSA) is 38.3 Å². The lowest BCUT2D eigenvalue weighted by molar-refractivity contribution is -0.116. The molecule has 1 N–H and O–H groups in total. The molecule has 23 heavy (non-hydrogen) atoms. The number of carbonyl (C=O) groups excluding carboxylic acids is 1. The summed E-state index contributed by atoms with van der Waals surface area (Å²) in [5.74, 6) is 0.747. The zero-order valence-electron chi connectivity index (χ0n) is 13.1. The number of fused-ring (bicyclic) bond motifs is 1. The Hall–Kier alpha value is -2.81. The van der Waals surface area contributed by atoms with Crippen molar-refractivity contribution in [2.45, 2.75) is 13.3 Å². The third-order valence-corrected chi connectivity index (χ3v) is 3.65. The minimum atomic E-state index is -0.0472. The second kappa shape index (κ2) is 6.97. The lowest BCUT2D eigenvalue weighted by atomic mass is 10.1. The van der Waals surface area contributed by atoms with Gasteiger partial charge in [0.25, 0.3) is 0 Å². The van der Waals surface area contributed by atoms with Crippen molar-refractivity contribution in [3.8, 4) is 5.75 Å².